The zero-order chi connectivity index (χ0) is 12.8. The van der Waals surface area contributed by atoms with E-state index >= 15 is 0 Å². The molecule has 0 saturated heterocycles. The Morgan fingerprint density at radius 3 is 3.00 bits per heavy atom. The van der Waals surface area contributed by atoms with Gasteiger partial charge in [-0.25, -0.2) is 0 Å². The Hall–Kier alpha value is -1.62. The quantitative estimate of drug-likeness (QED) is 0.855. The van der Waals surface area contributed by atoms with Gasteiger partial charge in [0.15, 0.2) is 4.77 Å². The molecule has 1 aromatic carbocycles. The van der Waals surface area contributed by atoms with E-state index in [0.29, 0.717) is 18.6 Å². The fraction of sp³-hybridized carbons (Fsp3) is 0.429. The van der Waals surface area contributed by atoms with Gasteiger partial charge in [-0.05, 0) is 43.1 Å². The van der Waals surface area contributed by atoms with E-state index in [0.717, 1.165) is 22.8 Å². The Morgan fingerprint density at radius 2 is 2.16 bits per heavy atom. The predicted molar refractivity (Wildman–Crippen MR) is 74.1 cm³/mol. The number of benzene rings is 1. The van der Waals surface area contributed by atoms with E-state index in [2.05, 4.69) is 26.9 Å². The average Bonchev–Trinajstić information content (AvgIpc) is 3.21. The fourth-order valence-corrected chi connectivity index (χ4v) is 3.07. The van der Waals surface area contributed by atoms with Gasteiger partial charge in [-0.2, -0.15) is 5.10 Å². The molecule has 0 spiro atoms. The molecule has 2 heterocycles. The summed E-state index contributed by atoms with van der Waals surface area (Å²) in [6.45, 7) is 0.684. The van der Waals surface area contributed by atoms with Gasteiger partial charge in [0.2, 0.25) is 0 Å². The van der Waals surface area contributed by atoms with Crippen LogP contribution in [0.1, 0.15) is 36.2 Å². The van der Waals surface area contributed by atoms with Crippen LogP contribution in [0.2, 0.25) is 0 Å². The second kappa shape index (κ2) is 4.20. The van der Waals surface area contributed by atoms with Crippen molar-refractivity contribution in [2.24, 2.45) is 0 Å². The smallest absolute Gasteiger partial charge is 0.195 e. The predicted octanol–water partition coefficient (Wildman–Crippen LogP) is 2.99. The van der Waals surface area contributed by atoms with Crippen molar-refractivity contribution >= 4 is 12.2 Å². The van der Waals surface area contributed by atoms with Crippen LogP contribution in [0.3, 0.4) is 0 Å². The molecule has 2 aliphatic rings. The first-order valence-corrected chi connectivity index (χ1v) is 7.11. The minimum atomic E-state index is 0.295. The molecule has 1 fully saturated rings. The Bertz CT molecular complexity index is 671. The minimum Gasteiger partial charge on any atom is -0.493 e. The third kappa shape index (κ3) is 1.89. The molecule has 1 atom stereocenters. The minimum absolute atomic E-state index is 0.295. The number of para-hydroxylation sites is 1. The standard InChI is InChI=1S/C14H15N3OS/c19-14-16-15-13(17(14)11-5-6-11)10-7-9-3-1-2-4-12(9)18-8-10/h1-4,10-11H,5-8H2,(H,16,19). The van der Waals surface area contributed by atoms with Gasteiger partial charge in [0.25, 0.3) is 0 Å². The van der Waals surface area contributed by atoms with Gasteiger partial charge in [0.05, 0.1) is 12.5 Å². The molecule has 0 amide bonds. The third-order valence-electron chi connectivity index (χ3n) is 3.89. The molecular formula is C14H15N3OS. The Labute approximate surface area is 116 Å². The number of fused-ring (bicyclic) bond motifs is 1. The van der Waals surface area contributed by atoms with E-state index in [1.807, 2.05) is 12.1 Å². The lowest BCUT2D eigenvalue weighted by atomic mass is 9.96. The van der Waals surface area contributed by atoms with Gasteiger partial charge in [-0.15, -0.1) is 0 Å². The zero-order valence-corrected chi connectivity index (χ0v) is 11.3. The van der Waals surface area contributed by atoms with Crippen LogP contribution in [0.15, 0.2) is 24.3 Å². The molecule has 4 nitrogen and oxygen atoms in total. The number of rotatable bonds is 2. The second-order valence-electron chi connectivity index (χ2n) is 5.31. The van der Waals surface area contributed by atoms with Crippen LogP contribution < -0.4 is 4.74 Å². The first-order valence-electron chi connectivity index (χ1n) is 6.70. The molecule has 1 saturated carbocycles. The highest BCUT2D eigenvalue weighted by molar-refractivity contribution is 7.71. The molecule has 1 aliphatic heterocycles. The summed E-state index contributed by atoms with van der Waals surface area (Å²) >= 11 is 5.34. The average molecular weight is 273 g/mol. The molecule has 1 aromatic heterocycles. The van der Waals surface area contributed by atoms with E-state index < -0.39 is 0 Å². The lowest BCUT2D eigenvalue weighted by Crippen LogP contribution is -2.22. The Balaban J connectivity index is 1.70. The van der Waals surface area contributed by atoms with Gasteiger partial charge in [0, 0.05) is 6.04 Å². The van der Waals surface area contributed by atoms with Crippen LogP contribution in [0, 0.1) is 4.77 Å². The highest BCUT2D eigenvalue weighted by atomic mass is 32.1. The van der Waals surface area contributed by atoms with Crippen molar-refractivity contribution in [3.63, 3.8) is 0 Å². The molecule has 4 rings (SSSR count). The molecule has 1 aliphatic carbocycles. The summed E-state index contributed by atoms with van der Waals surface area (Å²) < 4.78 is 8.79. The van der Waals surface area contributed by atoms with E-state index in [1.165, 1.54) is 18.4 Å². The van der Waals surface area contributed by atoms with Crippen LogP contribution in [0.5, 0.6) is 5.75 Å². The van der Waals surface area contributed by atoms with Crippen molar-refractivity contribution in [1.29, 1.82) is 0 Å². The molecule has 0 bridgehead atoms. The molecule has 0 radical (unpaired) electrons. The number of H-pyrrole nitrogens is 1. The molecular weight excluding hydrogens is 258 g/mol. The zero-order valence-electron chi connectivity index (χ0n) is 10.5. The van der Waals surface area contributed by atoms with Crippen molar-refractivity contribution in [3.8, 4) is 5.75 Å². The van der Waals surface area contributed by atoms with Crippen LogP contribution in [-0.2, 0) is 6.42 Å². The topological polar surface area (TPSA) is 42.8 Å². The van der Waals surface area contributed by atoms with Crippen molar-refractivity contribution < 1.29 is 4.74 Å². The van der Waals surface area contributed by atoms with Gasteiger partial charge >= 0.3 is 0 Å². The SMILES string of the molecule is S=c1[nH]nc(C2COc3ccccc3C2)n1C1CC1. The second-order valence-corrected chi connectivity index (χ2v) is 5.69. The maximum absolute atomic E-state index is 5.85. The number of ether oxygens (including phenoxy) is 1. The largest absolute Gasteiger partial charge is 0.493 e. The molecule has 1 N–H and O–H groups in total. The molecule has 1 unspecified atom stereocenters. The summed E-state index contributed by atoms with van der Waals surface area (Å²) in [7, 11) is 0. The monoisotopic (exact) mass is 273 g/mol. The van der Waals surface area contributed by atoms with E-state index in [4.69, 9.17) is 17.0 Å². The first-order chi connectivity index (χ1) is 9.33. The molecule has 2 aromatic rings. The summed E-state index contributed by atoms with van der Waals surface area (Å²) in [6.07, 6.45) is 3.40. The number of nitrogens with one attached hydrogen (secondary N) is 1. The normalized spacial score (nSPS) is 21.8. The van der Waals surface area contributed by atoms with Crippen LogP contribution in [0.4, 0.5) is 0 Å². The van der Waals surface area contributed by atoms with Crippen molar-refractivity contribution in [2.75, 3.05) is 6.61 Å². The first kappa shape index (κ1) is 11.2. The summed E-state index contributed by atoms with van der Waals surface area (Å²) in [6, 6.07) is 8.79. The van der Waals surface area contributed by atoms with Crippen LogP contribution in [-0.4, -0.2) is 21.4 Å². The third-order valence-corrected chi connectivity index (χ3v) is 4.18. The van der Waals surface area contributed by atoms with E-state index in [9.17, 15) is 0 Å². The highest BCUT2D eigenvalue weighted by Gasteiger charge is 2.32. The Kier molecular flexibility index (Phi) is 2.48. The summed E-state index contributed by atoms with van der Waals surface area (Å²) in [5.74, 6) is 2.36. The number of hydrogen-bond acceptors (Lipinski definition) is 3. The molecule has 98 valence electrons. The molecule has 19 heavy (non-hydrogen) atoms. The summed E-state index contributed by atoms with van der Waals surface area (Å²) in [4.78, 5) is 0. The van der Waals surface area contributed by atoms with E-state index in [1.54, 1.807) is 0 Å². The lowest BCUT2D eigenvalue weighted by Gasteiger charge is -2.25. The van der Waals surface area contributed by atoms with Gasteiger partial charge in [0.1, 0.15) is 11.6 Å². The number of aromatic nitrogens is 3. The van der Waals surface area contributed by atoms with Crippen LogP contribution in [0.25, 0.3) is 0 Å². The van der Waals surface area contributed by atoms with Crippen LogP contribution >= 0.6 is 12.2 Å². The van der Waals surface area contributed by atoms with Crippen molar-refractivity contribution in [3.05, 3.63) is 40.4 Å². The number of aromatic amines is 1. The highest BCUT2D eigenvalue weighted by Crippen LogP contribution is 2.39. The summed E-state index contributed by atoms with van der Waals surface area (Å²) in [5.41, 5.74) is 1.26. The number of nitrogens with zero attached hydrogens (tertiary/aromatic N) is 2. The van der Waals surface area contributed by atoms with E-state index in [-0.39, 0.29) is 0 Å². The summed E-state index contributed by atoms with van der Waals surface area (Å²) in [5, 5.41) is 7.38. The molecule has 5 heteroatoms. The Morgan fingerprint density at radius 1 is 1.32 bits per heavy atom. The maximum atomic E-state index is 5.85. The lowest BCUT2D eigenvalue weighted by molar-refractivity contribution is 0.254. The fourth-order valence-electron chi connectivity index (χ4n) is 2.78. The maximum Gasteiger partial charge on any atom is 0.195 e. The number of hydrogen-bond donors (Lipinski definition) is 1. The van der Waals surface area contributed by atoms with Gasteiger partial charge < -0.3 is 9.30 Å². The van der Waals surface area contributed by atoms with Crippen molar-refractivity contribution in [2.45, 2.75) is 31.2 Å². The van der Waals surface area contributed by atoms with Crippen molar-refractivity contribution in [1.82, 2.24) is 14.8 Å². The van der Waals surface area contributed by atoms with Gasteiger partial charge in [-0.1, -0.05) is 18.2 Å². The van der Waals surface area contributed by atoms with Gasteiger partial charge in [-0.3, -0.25) is 5.10 Å².